The maximum absolute atomic E-state index is 13.1. The van der Waals surface area contributed by atoms with Crippen molar-refractivity contribution >= 4 is 35.0 Å². The average Bonchev–Trinajstić information content (AvgIpc) is 2.46. The Kier molecular flexibility index (Phi) is 4.11. The van der Waals surface area contributed by atoms with Gasteiger partial charge in [-0.15, -0.1) is 11.8 Å². The van der Waals surface area contributed by atoms with Crippen LogP contribution in [0, 0.1) is 5.82 Å². The van der Waals surface area contributed by atoms with Crippen LogP contribution < -0.4 is 10.6 Å². The predicted octanol–water partition coefficient (Wildman–Crippen LogP) is 3.05. The topological polar surface area (TPSA) is 58.2 Å². The van der Waals surface area contributed by atoms with Crippen molar-refractivity contribution in [3.05, 3.63) is 53.8 Å². The van der Waals surface area contributed by atoms with Gasteiger partial charge in [0.1, 0.15) is 5.82 Å². The Bertz CT molecular complexity index is 749. The largest absolute Gasteiger partial charge is 0.326 e. The van der Waals surface area contributed by atoms with E-state index in [1.807, 2.05) is 6.07 Å². The second-order valence-corrected chi connectivity index (χ2v) is 5.92. The first kappa shape index (κ1) is 14.6. The molecule has 1 aliphatic rings. The van der Waals surface area contributed by atoms with Gasteiger partial charge < -0.3 is 10.6 Å². The molecular formula is C16H13FN2O2S. The lowest BCUT2D eigenvalue weighted by Gasteiger charge is -2.17. The molecule has 3 rings (SSSR count). The molecule has 0 bridgehead atoms. The second-order valence-electron chi connectivity index (χ2n) is 4.90. The first-order valence-corrected chi connectivity index (χ1v) is 7.70. The minimum atomic E-state index is -0.362. The van der Waals surface area contributed by atoms with E-state index in [2.05, 4.69) is 10.6 Å². The number of benzene rings is 2. The number of fused-ring (bicyclic) bond motifs is 1. The van der Waals surface area contributed by atoms with E-state index in [4.69, 9.17) is 0 Å². The van der Waals surface area contributed by atoms with E-state index >= 15 is 0 Å². The van der Waals surface area contributed by atoms with Crippen LogP contribution in [0.15, 0.2) is 47.4 Å². The molecule has 6 heteroatoms. The van der Waals surface area contributed by atoms with E-state index in [0.29, 0.717) is 22.7 Å². The normalized spacial score (nSPS) is 13.2. The maximum atomic E-state index is 13.1. The van der Waals surface area contributed by atoms with Crippen LogP contribution in [-0.2, 0) is 16.0 Å². The quantitative estimate of drug-likeness (QED) is 0.915. The fourth-order valence-electron chi connectivity index (χ4n) is 2.20. The zero-order valence-corrected chi connectivity index (χ0v) is 12.4. The fraction of sp³-hybridized carbons (Fsp3) is 0.125. The van der Waals surface area contributed by atoms with Crippen LogP contribution in [0.4, 0.5) is 15.8 Å². The molecule has 0 saturated heterocycles. The van der Waals surface area contributed by atoms with Gasteiger partial charge in [0.25, 0.3) is 0 Å². The van der Waals surface area contributed by atoms with Crippen LogP contribution in [0.1, 0.15) is 5.56 Å². The summed E-state index contributed by atoms with van der Waals surface area (Å²) >= 11 is 1.46. The summed E-state index contributed by atoms with van der Waals surface area (Å²) in [6, 6.07) is 11.3. The molecule has 0 radical (unpaired) electrons. The SMILES string of the molecule is O=C(Cc1cccc(F)c1)Nc1ccc2c(c1)NC(=O)CS2. The van der Waals surface area contributed by atoms with Crippen LogP contribution in [0.2, 0.25) is 0 Å². The summed E-state index contributed by atoms with van der Waals surface area (Å²) in [4.78, 5) is 24.4. The highest BCUT2D eigenvalue weighted by Gasteiger charge is 2.16. The molecule has 0 spiro atoms. The number of halogens is 1. The van der Waals surface area contributed by atoms with Gasteiger partial charge in [0.05, 0.1) is 17.9 Å². The van der Waals surface area contributed by atoms with Gasteiger partial charge in [0.15, 0.2) is 0 Å². The molecule has 4 nitrogen and oxygen atoms in total. The molecule has 0 fully saturated rings. The summed E-state index contributed by atoms with van der Waals surface area (Å²) < 4.78 is 13.1. The fourth-order valence-corrected chi connectivity index (χ4v) is 2.99. The predicted molar refractivity (Wildman–Crippen MR) is 84.5 cm³/mol. The van der Waals surface area contributed by atoms with Gasteiger partial charge in [0, 0.05) is 10.6 Å². The van der Waals surface area contributed by atoms with Crippen molar-refractivity contribution in [3.63, 3.8) is 0 Å². The summed E-state index contributed by atoms with van der Waals surface area (Å²) in [7, 11) is 0. The summed E-state index contributed by atoms with van der Waals surface area (Å²) in [5.41, 5.74) is 1.91. The third kappa shape index (κ3) is 3.46. The van der Waals surface area contributed by atoms with Gasteiger partial charge in [-0.2, -0.15) is 0 Å². The van der Waals surface area contributed by atoms with Crippen molar-refractivity contribution in [3.8, 4) is 0 Å². The number of anilines is 2. The lowest BCUT2D eigenvalue weighted by atomic mass is 10.1. The van der Waals surface area contributed by atoms with Gasteiger partial charge in [-0.25, -0.2) is 4.39 Å². The van der Waals surface area contributed by atoms with E-state index in [0.717, 1.165) is 4.90 Å². The van der Waals surface area contributed by atoms with E-state index in [1.165, 1.54) is 23.9 Å². The Labute approximate surface area is 131 Å². The molecule has 2 N–H and O–H groups in total. The molecule has 0 aromatic heterocycles. The van der Waals surface area contributed by atoms with Crippen molar-refractivity contribution in [1.29, 1.82) is 0 Å². The van der Waals surface area contributed by atoms with Crippen LogP contribution in [0.5, 0.6) is 0 Å². The number of carbonyl (C=O) groups excluding carboxylic acids is 2. The number of hydrogen-bond donors (Lipinski definition) is 2. The first-order chi connectivity index (χ1) is 10.6. The number of rotatable bonds is 3. The highest BCUT2D eigenvalue weighted by molar-refractivity contribution is 8.00. The Balaban J connectivity index is 1.69. The molecule has 0 atom stereocenters. The lowest BCUT2D eigenvalue weighted by molar-refractivity contribution is -0.115. The highest BCUT2D eigenvalue weighted by atomic mass is 32.2. The van der Waals surface area contributed by atoms with Crippen LogP contribution in [0.3, 0.4) is 0 Å². The standard InChI is InChI=1S/C16H13FN2O2S/c17-11-3-1-2-10(6-11)7-15(20)18-12-4-5-14-13(8-12)19-16(21)9-22-14/h1-6,8H,7,9H2,(H,18,20)(H,19,21). The van der Waals surface area contributed by atoms with E-state index in [-0.39, 0.29) is 24.1 Å². The third-order valence-electron chi connectivity index (χ3n) is 3.15. The highest BCUT2D eigenvalue weighted by Crippen LogP contribution is 2.33. The van der Waals surface area contributed by atoms with Gasteiger partial charge in [0.2, 0.25) is 11.8 Å². The summed E-state index contributed by atoms with van der Waals surface area (Å²) in [6.07, 6.45) is 0.0932. The van der Waals surface area contributed by atoms with Crippen LogP contribution in [-0.4, -0.2) is 17.6 Å². The average molecular weight is 316 g/mol. The van der Waals surface area contributed by atoms with E-state index < -0.39 is 0 Å². The smallest absolute Gasteiger partial charge is 0.234 e. The Morgan fingerprint density at radius 2 is 2.14 bits per heavy atom. The van der Waals surface area contributed by atoms with Crippen molar-refractivity contribution in [1.82, 2.24) is 0 Å². The summed E-state index contributed by atoms with van der Waals surface area (Å²) in [5, 5.41) is 5.52. The Morgan fingerprint density at radius 1 is 1.27 bits per heavy atom. The zero-order chi connectivity index (χ0) is 15.5. The molecular weight excluding hydrogens is 303 g/mol. The van der Waals surface area contributed by atoms with Crippen molar-refractivity contribution in [2.75, 3.05) is 16.4 Å². The number of carbonyl (C=O) groups is 2. The number of hydrogen-bond acceptors (Lipinski definition) is 3. The molecule has 0 saturated carbocycles. The molecule has 2 amide bonds. The molecule has 0 aliphatic carbocycles. The molecule has 0 unspecified atom stereocenters. The van der Waals surface area contributed by atoms with Gasteiger partial charge in [-0.05, 0) is 35.9 Å². The lowest BCUT2D eigenvalue weighted by Crippen LogP contribution is -2.19. The van der Waals surface area contributed by atoms with Crippen LogP contribution >= 0.6 is 11.8 Å². The van der Waals surface area contributed by atoms with E-state index in [9.17, 15) is 14.0 Å². The molecule has 112 valence electrons. The maximum Gasteiger partial charge on any atom is 0.234 e. The Morgan fingerprint density at radius 3 is 2.95 bits per heavy atom. The molecule has 1 aliphatic heterocycles. The second kappa shape index (κ2) is 6.19. The van der Waals surface area contributed by atoms with Crippen molar-refractivity contribution in [2.24, 2.45) is 0 Å². The number of amides is 2. The van der Waals surface area contributed by atoms with Gasteiger partial charge >= 0.3 is 0 Å². The molecule has 22 heavy (non-hydrogen) atoms. The van der Waals surface area contributed by atoms with Crippen molar-refractivity contribution in [2.45, 2.75) is 11.3 Å². The zero-order valence-electron chi connectivity index (χ0n) is 11.6. The van der Waals surface area contributed by atoms with E-state index in [1.54, 1.807) is 24.3 Å². The molecule has 1 heterocycles. The molecule has 2 aromatic carbocycles. The third-order valence-corrected chi connectivity index (χ3v) is 4.22. The summed E-state index contributed by atoms with van der Waals surface area (Å²) in [5.74, 6) is -0.252. The van der Waals surface area contributed by atoms with Crippen molar-refractivity contribution < 1.29 is 14.0 Å². The van der Waals surface area contributed by atoms with Gasteiger partial charge in [-0.3, -0.25) is 9.59 Å². The first-order valence-electron chi connectivity index (χ1n) is 6.71. The van der Waals surface area contributed by atoms with Crippen LogP contribution in [0.25, 0.3) is 0 Å². The van der Waals surface area contributed by atoms with Gasteiger partial charge in [-0.1, -0.05) is 12.1 Å². The minimum absolute atomic E-state index is 0.0549. The summed E-state index contributed by atoms with van der Waals surface area (Å²) in [6.45, 7) is 0. The Hall–Kier alpha value is -2.34. The number of nitrogens with one attached hydrogen (secondary N) is 2. The molecule has 2 aromatic rings. The number of thioether (sulfide) groups is 1. The monoisotopic (exact) mass is 316 g/mol. The minimum Gasteiger partial charge on any atom is -0.326 e.